The monoisotopic (exact) mass is 1060 g/mol. The molecular formula is C59H58IrN4OSi-2. The number of rotatable bonds is 8. The second-order valence-corrected chi connectivity index (χ2v) is 24.1. The van der Waals surface area contributed by atoms with Crippen LogP contribution < -0.4 is 5.19 Å². The summed E-state index contributed by atoms with van der Waals surface area (Å²) in [6, 6.07) is 50.0. The summed E-state index contributed by atoms with van der Waals surface area (Å²) in [4.78, 5) is 15.0. The first-order valence-electron chi connectivity index (χ1n) is 24.3. The molecule has 0 aliphatic carbocycles. The van der Waals surface area contributed by atoms with E-state index in [1.54, 1.807) is 18.2 Å². The Morgan fingerprint density at radius 1 is 0.667 bits per heavy atom. The van der Waals surface area contributed by atoms with Gasteiger partial charge in [-0.25, -0.2) is 4.98 Å². The van der Waals surface area contributed by atoms with E-state index >= 15 is 0 Å². The zero-order valence-electron chi connectivity index (χ0n) is 42.5. The second-order valence-electron chi connectivity index (χ2n) is 19.1. The number of imidazole rings is 1. The minimum absolute atomic E-state index is 0. The number of hydrogen-bond donors (Lipinski definition) is 0. The van der Waals surface area contributed by atoms with Gasteiger partial charge < -0.3 is 14.0 Å². The van der Waals surface area contributed by atoms with Gasteiger partial charge in [-0.1, -0.05) is 163 Å². The van der Waals surface area contributed by atoms with E-state index < -0.39 is 14.9 Å². The SMILES string of the molecule is Cc1nc2nc(-c3[c-]ccc4c3oc3ccccc34)n(-c3c(C(C)C)cc(-c4ccccc4)cc3C(C)C)c2c2ccccc12.[2H]C([2H])([2H])c1c[c-]c(-c2cc(C(C)C)c([Si](C)(C)C)cn2)cc1.[Ir]. The van der Waals surface area contributed by atoms with Gasteiger partial charge in [0.2, 0.25) is 0 Å². The molecule has 10 aromatic rings. The topological polar surface area (TPSA) is 56.7 Å². The van der Waals surface area contributed by atoms with Crippen molar-refractivity contribution in [3.63, 3.8) is 0 Å². The van der Waals surface area contributed by atoms with Gasteiger partial charge in [0.1, 0.15) is 5.58 Å². The quantitative estimate of drug-likeness (QED) is 0.112. The van der Waals surface area contributed by atoms with E-state index in [4.69, 9.17) is 18.5 Å². The molecule has 1 radical (unpaired) electrons. The smallest absolute Gasteiger partial charge is 0.169 e. The summed E-state index contributed by atoms with van der Waals surface area (Å²) < 4.78 is 31.2. The van der Waals surface area contributed by atoms with Crippen molar-refractivity contribution in [3.05, 3.63) is 174 Å². The summed E-state index contributed by atoms with van der Waals surface area (Å²) in [7, 11) is -1.45. The van der Waals surface area contributed by atoms with Gasteiger partial charge in [-0.15, -0.1) is 53.6 Å². The maximum atomic E-state index is 7.44. The van der Waals surface area contributed by atoms with Crippen LogP contribution in [0.2, 0.25) is 19.6 Å². The summed E-state index contributed by atoms with van der Waals surface area (Å²) in [5, 5.41) is 5.78. The molecule has 0 atom stereocenters. The molecule has 0 N–H and O–H groups in total. The van der Waals surface area contributed by atoms with Crippen LogP contribution in [-0.4, -0.2) is 27.6 Å². The third-order valence-corrected chi connectivity index (χ3v) is 14.5. The summed E-state index contributed by atoms with van der Waals surface area (Å²) in [5.74, 6) is 1.72. The van der Waals surface area contributed by atoms with Crippen molar-refractivity contribution in [2.45, 2.75) is 92.7 Å². The number of benzene rings is 6. The predicted molar refractivity (Wildman–Crippen MR) is 277 cm³/mol. The molecule has 0 fully saturated rings. The largest absolute Gasteiger partial charge is 0.501 e. The van der Waals surface area contributed by atoms with Crippen LogP contribution in [-0.2, 0) is 20.1 Å². The van der Waals surface area contributed by atoms with Gasteiger partial charge in [0.25, 0.3) is 0 Å². The first-order valence-corrected chi connectivity index (χ1v) is 26.3. The van der Waals surface area contributed by atoms with Crippen LogP contribution in [0.1, 0.15) is 91.4 Å². The molecule has 6 aromatic carbocycles. The number of aromatic nitrogens is 4. The molecule has 0 saturated heterocycles. The maximum Gasteiger partial charge on any atom is 0.169 e. The average molecular weight is 1060 g/mol. The predicted octanol–water partition coefficient (Wildman–Crippen LogP) is 15.7. The Hall–Kier alpha value is -5.98. The first-order chi connectivity index (χ1) is 32.4. The van der Waals surface area contributed by atoms with Gasteiger partial charge in [0, 0.05) is 58.0 Å². The van der Waals surface area contributed by atoms with Gasteiger partial charge in [-0.3, -0.25) is 4.98 Å². The second kappa shape index (κ2) is 18.7. The Balaban J connectivity index is 0.000000227. The van der Waals surface area contributed by atoms with Crippen molar-refractivity contribution in [2.75, 3.05) is 0 Å². The van der Waals surface area contributed by atoms with Crippen LogP contribution in [0.5, 0.6) is 0 Å². The van der Waals surface area contributed by atoms with Gasteiger partial charge in [0.05, 0.1) is 25.0 Å². The van der Waals surface area contributed by atoms with Crippen molar-refractivity contribution >= 4 is 57.1 Å². The Morgan fingerprint density at radius 3 is 1.95 bits per heavy atom. The molecule has 5 nitrogen and oxygen atoms in total. The summed E-state index contributed by atoms with van der Waals surface area (Å²) in [6.45, 7) is 20.5. The Labute approximate surface area is 409 Å². The van der Waals surface area contributed by atoms with Crippen molar-refractivity contribution < 1.29 is 28.6 Å². The molecule has 66 heavy (non-hydrogen) atoms. The molecule has 0 amide bonds. The van der Waals surface area contributed by atoms with E-state index in [-0.39, 0.29) is 31.9 Å². The maximum absolute atomic E-state index is 7.44. The molecule has 0 saturated carbocycles. The van der Waals surface area contributed by atoms with Crippen LogP contribution >= 0.6 is 0 Å². The fourth-order valence-electron chi connectivity index (χ4n) is 9.12. The molecule has 335 valence electrons. The van der Waals surface area contributed by atoms with Gasteiger partial charge in [-0.2, -0.15) is 0 Å². The van der Waals surface area contributed by atoms with E-state index in [1.807, 2.05) is 24.4 Å². The molecule has 4 aromatic heterocycles. The minimum atomic E-state index is -2.09. The van der Waals surface area contributed by atoms with E-state index in [0.717, 1.165) is 77.9 Å². The van der Waals surface area contributed by atoms with Crippen molar-refractivity contribution in [3.8, 4) is 39.5 Å². The van der Waals surface area contributed by atoms with Crippen molar-refractivity contribution in [1.82, 2.24) is 19.5 Å². The van der Waals surface area contributed by atoms with Gasteiger partial charge in [-0.05, 0) is 76.0 Å². The Morgan fingerprint density at radius 2 is 1.32 bits per heavy atom. The summed E-state index contributed by atoms with van der Waals surface area (Å²) in [5.41, 5.74) is 14.6. The van der Waals surface area contributed by atoms with Crippen LogP contribution in [0, 0.1) is 25.9 Å². The number of para-hydroxylation sites is 1. The number of hydrogen-bond acceptors (Lipinski definition) is 4. The summed E-state index contributed by atoms with van der Waals surface area (Å²) >= 11 is 0. The number of nitrogens with zero attached hydrogens (tertiary/aromatic N) is 4. The summed E-state index contributed by atoms with van der Waals surface area (Å²) in [6.07, 6.45) is 2.00. The number of furan rings is 1. The third kappa shape index (κ3) is 8.73. The fourth-order valence-corrected chi connectivity index (χ4v) is 10.8. The van der Waals surface area contributed by atoms with E-state index in [2.05, 4.69) is 181 Å². The van der Waals surface area contributed by atoms with E-state index in [9.17, 15) is 0 Å². The normalized spacial score (nSPS) is 12.7. The molecule has 0 unspecified atom stereocenters. The van der Waals surface area contributed by atoms with Crippen molar-refractivity contribution in [2.24, 2.45) is 0 Å². The standard InChI is InChI=1S/C41H34N3O.C18H24NSi.Ir/c1-24(2)34-22-28(27-14-7-6-8-15-27)23-35(25(3)4)37(34)44-38-31-18-10-9-16-29(31)26(5)42-40(38)43-41(44)33-20-13-19-32-30-17-11-12-21-36(30)45-39(32)33;1-13(2)16-11-17(15-9-7-14(3)8-10-15)19-12-18(16)20(4,5)6;/h6-19,21-25H,1-5H3;7-9,11-13H,1-6H3;/q2*-1;/i;3D3;. The van der Waals surface area contributed by atoms with Gasteiger partial charge in [0.15, 0.2) is 5.65 Å². The van der Waals surface area contributed by atoms with E-state index in [1.165, 1.54) is 33.0 Å². The molecular weight excluding hydrogens is 1000 g/mol. The number of aryl methyl sites for hydroxylation is 2. The fraction of sp³-hybridized carbons (Fsp3) is 0.237. The van der Waals surface area contributed by atoms with Crippen LogP contribution in [0.25, 0.3) is 83.3 Å². The van der Waals surface area contributed by atoms with E-state index in [0.29, 0.717) is 11.5 Å². The Kier molecular flexibility index (Phi) is 12.1. The molecule has 0 aliphatic heterocycles. The van der Waals surface area contributed by atoms with Crippen LogP contribution in [0.4, 0.5) is 0 Å². The third-order valence-electron chi connectivity index (χ3n) is 12.5. The number of fused-ring (bicyclic) bond motifs is 6. The molecule has 0 spiro atoms. The molecule has 7 heteroatoms. The van der Waals surface area contributed by atoms with Crippen molar-refractivity contribution in [1.29, 1.82) is 0 Å². The average Bonchev–Trinajstić information content (AvgIpc) is 3.90. The van der Waals surface area contributed by atoms with Crippen LogP contribution in [0.3, 0.4) is 0 Å². The Bertz CT molecular complexity index is 3450. The molecule has 4 heterocycles. The zero-order chi connectivity index (χ0) is 48.2. The van der Waals surface area contributed by atoms with Crippen LogP contribution in [0.15, 0.2) is 138 Å². The molecule has 0 bridgehead atoms. The molecule has 10 rings (SSSR count). The molecule has 0 aliphatic rings. The first kappa shape index (κ1) is 42.6. The number of pyridine rings is 2. The zero-order valence-corrected chi connectivity index (χ0v) is 42.9. The van der Waals surface area contributed by atoms with Gasteiger partial charge >= 0.3 is 0 Å². The minimum Gasteiger partial charge on any atom is -0.501 e.